The van der Waals surface area contributed by atoms with E-state index in [1.165, 1.54) is 0 Å². The van der Waals surface area contributed by atoms with Crippen LogP contribution in [0.25, 0.3) is 11.0 Å². The Morgan fingerprint density at radius 1 is 1.35 bits per heavy atom. The smallest absolute Gasteiger partial charge is 0.233 e. The van der Waals surface area contributed by atoms with Gasteiger partial charge in [0.05, 0.1) is 17.4 Å². The largest absolute Gasteiger partial charge is 0.320 e. The van der Waals surface area contributed by atoms with Crippen LogP contribution in [0.3, 0.4) is 0 Å². The number of fused-ring (bicyclic) bond motifs is 1. The summed E-state index contributed by atoms with van der Waals surface area (Å²) in [4.78, 5) is 15.2. The molecule has 2 atom stereocenters. The first-order valence-corrected chi connectivity index (χ1v) is 5.82. The number of hydrogen-bond acceptors (Lipinski definition) is 3. The van der Waals surface area contributed by atoms with Crippen LogP contribution in [0, 0.1) is 10.1 Å². The fraction of sp³-hybridized carbons (Fsp3) is 0.417. The molecule has 88 valence electrons. The van der Waals surface area contributed by atoms with Crippen molar-refractivity contribution in [3.05, 3.63) is 40.7 Å². The lowest BCUT2D eigenvalue weighted by atomic mass is 10.1. The number of hydrogen-bond donors (Lipinski definition) is 0. The zero-order valence-corrected chi connectivity index (χ0v) is 9.32. The molecule has 1 fully saturated rings. The lowest BCUT2D eigenvalue weighted by molar-refractivity contribution is -0.526. The maximum Gasteiger partial charge on any atom is 0.233 e. The molecule has 1 aliphatic rings. The van der Waals surface area contributed by atoms with Crippen LogP contribution in [0.15, 0.2) is 30.6 Å². The summed E-state index contributed by atoms with van der Waals surface area (Å²) in [5, 5.41) is 11.0. The molecule has 17 heavy (non-hydrogen) atoms. The molecule has 0 amide bonds. The van der Waals surface area contributed by atoms with Gasteiger partial charge in [-0.2, -0.15) is 0 Å². The zero-order chi connectivity index (χ0) is 11.8. The summed E-state index contributed by atoms with van der Waals surface area (Å²) in [7, 11) is 0. The van der Waals surface area contributed by atoms with Crippen LogP contribution in [-0.4, -0.2) is 20.5 Å². The normalized spacial score (nSPS) is 24.2. The predicted octanol–water partition coefficient (Wildman–Crippen LogP) is 2.41. The Morgan fingerprint density at radius 3 is 3.00 bits per heavy atom. The summed E-state index contributed by atoms with van der Waals surface area (Å²) in [6.45, 7) is 0. The molecule has 2 unspecified atom stereocenters. The molecule has 0 aliphatic heterocycles. The van der Waals surface area contributed by atoms with Gasteiger partial charge in [-0.1, -0.05) is 12.1 Å². The van der Waals surface area contributed by atoms with Crippen LogP contribution in [0.1, 0.15) is 25.3 Å². The molecule has 1 aliphatic carbocycles. The van der Waals surface area contributed by atoms with Gasteiger partial charge in [-0.25, -0.2) is 4.98 Å². The van der Waals surface area contributed by atoms with E-state index in [4.69, 9.17) is 0 Å². The molecule has 0 spiro atoms. The SMILES string of the molecule is O=[N+]([O-])C1CCCC1n1cnc2ccccc21. The summed E-state index contributed by atoms with van der Waals surface area (Å²) in [5.41, 5.74) is 1.90. The maximum atomic E-state index is 11.0. The average Bonchev–Trinajstić information content (AvgIpc) is 2.94. The monoisotopic (exact) mass is 231 g/mol. The van der Waals surface area contributed by atoms with E-state index in [1.807, 2.05) is 28.8 Å². The van der Waals surface area contributed by atoms with Crippen molar-refractivity contribution in [1.29, 1.82) is 0 Å². The van der Waals surface area contributed by atoms with Gasteiger partial charge in [-0.3, -0.25) is 10.1 Å². The van der Waals surface area contributed by atoms with Gasteiger partial charge in [0.15, 0.2) is 0 Å². The summed E-state index contributed by atoms with van der Waals surface area (Å²) in [5.74, 6) is 0. The van der Waals surface area contributed by atoms with Gasteiger partial charge in [0.1, 0.15) is 6.04 Å². The average molecular weight is 231 g/mol. The van der Waals surface area contributed by atoms with E-state index in [-0.39, 0.29) is 11.0 Å². The Hall–Kier alpha value is -1.91. The van der Waals surface area contributed by atoms with Crippen molar-refractivity contribution in [2.24, 2.45) is 0 Å². The number of para-hydroxylation sites is 2. The number of rotatable bonds is 2. The lowest BCUT2D eigenvalue weighted by Crippen LogP contribution is -2.26. The first-order valence-electron chi connectivity index (χ1n) is 5.82. The maximum absolute atomic E-state index is 11.0. The van der Waals surface area contributed by atoms with Crippen molar-refractivity contribution in [2.45, 2.75) is 31.3 Å². The molecule has 0 bridgehead atoms. The van der Waals surface area contributed by atoms with Crippen molar-refractivity contribution < 1.29 is 4.92 Å². The molecule has 1 aromatic heterocycles. The number of nitro groups is 1. The van der Waals surface area contributed by atoms with Gasteiger partial charge in [0.25, 0.3) is 0 Å². The van der Waals surface area contributed by atoms with Gasteiger partial charge < -0.3 is 4.57 Å². The highest BCUT2D eigenvalue weighted by Gasteiger charge is 2.38. The molecule has 3 rings (SSSR count). The predicted molar refractivity (Wildman–Crippen MR) is 63.4 cm³/mol. The second-order valence-corrected chi connectivity index (χ2v) is 4.49. The van der Waals surface area contributed by atoms with E-state index < -0.39 is 6.04 Å². The van der Waals surface area contributed by atoms with Gasteiger partial charge in [0.2, 0.25) is 6.04 Å². The van der Waals surface area contributed by atoms with Crippen LogP contribution < -0.4 is 0 Å². The van der Waals surface area contributed by atoms with Crippen molar-refractivity contribution in [2.75, 3.05) is 0 Å². The lowest BCUT2D eigenvalue weighted by Gasteiger charge is -2.15. The summed E-state index contributed by atoms with van der Waals surface area (Å²) < 4.78 is 1.97. The van der Waals surface area contributed by atoms with Crippen LogP contribution in [-0.2, 0) is 0 Å². The molecule has 5 nitrogen and oxygen atoms in total. The van der Waals surface area contributed by atoms with E-state index in [0.29, 0.717) is 6.42 Å². The Labute approximate surface area is 98.2 Å². The van der Waals surface area contributed by atoms with Gasteiger partial charge >= 0.3 is 0 Å². The Morgan fingerprint density at radius 2 is 2.18 bits per heavy atom. The van der Waals surface area contributed by atoms with Crippen molar-refractivity contribution in [1.82, 2.24) is 9.55 Å². The van der Waals surface area contributed by atoms with E-state index >= 15 is 0 Å². The minimum atomic E-state index is -0.465. The highest BCUT2D eigenvalue weighted by molar-refractivity contribution is 5.75. The van der Waals surface area contributed by atoms with E-state index in [0.717, 1.165) is 23.9 Å². The van der Waals surface area contributed by atoms with Crippen LogP contribution in [0.4, 0.5) is 0 Å². The Bertz CT molecular complexity index is 564. The molecule has 0 saturated heterocycles. The summed E-state index contributed by atoms with van der Waals surface area (Å²) >= 11 is 0. The van der Waals surface area contributed by atoms with Gasteiger partial charge in [-0.15, -0.1) is 0 Å². The third-order valence-electron chi connectivity index (χ3n) is 3.55. The number of imidazole rings is 1. The molecule has 1 saturated carbocycles. The fourth-order valence-electron chi connectivity index (χ4n) is 2.73. The number of benzene rings is 1. The van der Waals surface area contributed by atoms with Crippen LogP contribution >= 0.6 is 0 Å². The number of nitrogens with zero attached hydrogens (tertiary/aromatic N) is 3. The molecule has 2 aromatic rings. The van der Waals surface area contributed by atoms with E-state index in [1.54, 1.807) is 6.33 Å². The number of aromatic nitrogens is 2. The summed E-state index contributed by atoms with van der Waals surface area (Å²) in [6, 6.07) is 7.26. The van der Waals surface area contributed by atoms with E-state index in [9.17, 15) is 10.1 Å². The van der Waals surface area contributed by atoms with Gasteiger partial charge in [-0.05, 0) is 25.0 Å². The van der Waals surface area contributed by atoms with Crippen LogP contribution in [0.2, 0.25) is 0 Å². The Kier molecular flexibility index (Phi) is 2.31. The molecule has 5 heteroatoms. The van der Waals surface area contributed by atoms with Crippen molar-refractivity contribution >= 4 is 11.0 Å². The zero-order valence-electron chi connectivity index (χ0n) is 9.32. The van der Waals surface area contributed by atoms with Gasteiger partial charge in [0, 0.05) is 11.3 Å². The summed E-state index contributed by atoms with van der Waals surface area (Å²) in [6.07, 6.45) is 4.19. The molecule has 0 radical (unpaired) electrons. The standard InChI is InChI=1S/C12H13N3O2/c16-15(17)12-7-3-6-11(12)14-8-13-9-4-1-2-5-10(9)14/h1-2,4-5,8,11-12H,3,6-7H2. The molecular formula is C12H13N3O2. The molecule has 1 heterocycles. The van der Waals surface area contributed by atoms with E-state index in [2.05, 4.69) is 4.98 Å². The fourth-order valence-corrected chi connectivity index (χ4v) is 2.73. The van der Waals surface area contributed by atoms with Crippen LogP contribution in [0.5, 0.6) is 0 Å². The first-order chi connectivity index (χ1) is 8.27. The molecule has 0 N–H and O–H groups in total. The second-order valence-electron chi connectivity index (χ2n) is 4.49. The highest BCUT2D eigenvalue weighted by atomic mass is 16.6. The quantitative estimate of drug-likeness (QED) is 0.589. The first kappa shape index (κ1) is 10.3. The Balaban J connectivity index is 2.06. The van der Waals surface area contributed by atoms with Crippen molar-refractivity contribution in [3.8, 4) is 0 Å². The third kappa shape index (κ3) is 1.58. The minimum Gasteiger partial charge on any atom is -0.320 e. The van der Waals surface area contributed by atoms with Crippen molar-refractivity contribution in [3.63, 3.8) is 0 Å². The second kappa shape index (κ2) is 3.84. The third-order valence-corrected chi connectivity index (χ3v) is 3.55. The topological polar surface area (TPSA) is 61.0 Å². The molecule has 1 aromatic carbocycles. The molecular weight excluding hydrogens is 218 g/mol. The minimum absolute atomic E-state index is 0.0441. The highest BCUT2D eigenvalue weighted by Crippen LogP contribution is 2.34.